The van der Waals surface area contributed by atoms with Gasteiger partial charge >= 0.3 is 5.97 Å². The molecule has 11 nitrogen and oxygen atoms in total. The van der Waals surface area contributed by atoms with Crippen molar-refractivity contribution in [3.63, 3.8) is 0 Å². The van der Waals surface area contributed by atoms with Gasteiger partial charge in [-0.15, -0.1) is 0 Å². The lowest BCUT2D eigenvalue weighted by molar-refractivity contribution is -0.145. The van der Waals surface area contributed by atoms with Crippen molar-refractivity contribution in [3.05, 3.63) is 105 Å². The van der Waals surface area contributed by atoms with Crippen LogP contribution in [0.25, 0.3) is 11.1 Å². The number of aliphatic hydroxyl groups is 2. The molecule has 2 heterocycles. The fourth-order valence-corrected chi connectivity index (χ4v) is 6.69. The number of hydrogen-bond donors (Lipinski definition) is 4. The molecule has 0 bridgehead atoms. The molecule has 54 heavy (non-hydrogen) atoms. The molecule has 5 rings (SSSR count). The third-order valence-electron chi connectivity index (χ3n) is 10.1. The van der Waals surface area contributed by atoms with Crippen molar-refractivity contribution >= 4 is 17.6 Å². The van der Waals surface area contributed by atoms with Gasteiger partial charge in [0.05, 0.1) is 23.8 Å². The molecule has 0 unspecified atom stereocenters. The van der Waals surface area contributed by atoms with E-state index in [0.717, 1.165) is 72.5 Å². The van der Waals surface area contributed by atoms with Crippen LogP contribution in [0.4, 0.5) is 0 Å². The van der Waals surface area contributed by atoms with Gasteiger partial charge in [0.25, 0.3) is 0 Å². The molecule has 4 aromatic rings. The number of carboxylic acids is 1. The summed E-state index contributed by atoms with van der Waals surface area (Å²) in [5.74, 6) is 0.853. The average molecular weight is 757 g/mol. The highest BCUT2D eigenvalue weighted by molar-refractivity contribution is 6.32. The van der Waals surface area contributed by atoms with Crippen molar-refractivity contribution in [2.24, 2.45) is 5.92 Å². The van der Waals surface area contributed by atoms with Gasteiger partial charge in [0.2, 0.25) is 0 Å². The maximum absolute atomic E-state index is 11.8. The van der Waals surface area contributed by atoms with Crippen LogP contribution in [0.2, 0.25) is 5.02 Å². The van der Waals surface area contributed by atoms with Crippen molar-refractivity contribution in [2.75, 3.05) is 39.5 Å². The Morgan fingerprint density at radius 3 is 2.39 bits per heavy atom. The summed E-state index contributed by atoms with van der Waals surface area (Å²) in [5.41, 5.74) is 5.26. The number of benzene rings is 3. The summed E-state index contributed by atoms with van der Waals surface area (Å²) in [4.78, 5) is 18.4. The van der Waals surface area contributed by atoms with E-state index in [1.54, 1.807) is 24.4 Å². The maximum atomic E-state index is 11.8. The number of piperidine rings is 1. The van der Waals surface area contributed by atoms with E-state index in [0.29, 0.717) is 45.7 Å². The molecule has 0 spiro atoms. The number of aliphatic carboxylic acids is 1. The summed E-state index contributed by atoms with van der Waals surface area (Å²) in [5, 5.41) is 41.3. The second kappa shape index (κ2) is 19.1. The number of nitrogens with zero attached hydrogens (tertiary/aromatic N) is 3. The first-order chi connectivity index (χ1) is 26.0. The van der Waals surface area contributed by atoms with Crippen LogP contribution in [-0.2, 0) is 24.6 Å². The third-order valence-corrected chi connectivity index (χ3v) is 10.4. The van der Waals surface area contributed by atoms with Crippen LogP contribution >= 0.6 is 11.6 Å². The summed E-state index contributed by atoms with van der Waals surface area (Å²) in [6.45, 7) is 9.19. The first kappa shape index (κ1) is 40.5. The third kappa shape index (κ3) is 10.3. The zero-order valence-corrected chi connectivity index (χ0v) is 31.9. The minimum atomic E-state index is -1.59. The van der Waals surface area contributed by atoms with Crippen LogP contribution in [0.5, 0.6) is 17.2 Å². The number of likely N-dealkylation sites (tertiary alicyclic amines) is 1. The molecule has 3 aromatic carbocycles. The van der Waals surface area contributed by atoms with Crippen LogP contribution < -0.4 is 19.5 Å². The van der Waals surface area contributed by atoms with E-state index in [-0.39, 0.29) is 26.4 Å². The number of pyridine rings is 1. The monoisotopic (exact) mass is 756 g/mol. The second-order valence-electron chi connectivity index (χ2n) is 14.0. The molecule has 4 N–H and O–H groups in total. The Balaban J connectivity index is 1.29. The smallest absolute Gasteiger partial charge is 0.326 e. The van der Waals surface area contributed by atoms with Crippen LogP contribution in [0.3, 0.4) is 0 Å². The molecule has 1 saturated heterocycles. The number of carboxylic acid groups (broad SMARTS) is 1. The number of aliphatic hydroxyl groups excluding tert-OH is 2. The zero-order chi connectivity index (χ0) is 38.7. The molecule has 0 aliphatic carbocycles. The summed E-state index contributed by atoms with van der Waals surface area (Å²) in [7, 11) is 0. The normalized spacial score (nSPS) is 14.6. The van der Waals surface area contributed by atoms with Crippen LogP contribution in [0, 0.1) is 31.1 Å². The molecule has 0 amide bonds. The largest absolute Gasteiger partial charge is 0.493 e. The molecule has 12 heteroatoms. The molecular weight excluding hydrogens is 708 g/mol. The Labute approximate surface area is 322 Å². The Morgan fingerprint density at radius 2 is 1.69 bits per heavy atom. The van der Waals surface area contributed by atoms with Crippen LogP contribution in [-0.4, -0.2) is 76.2 Å². The van der Waals surface area contributed by atoms with Crippen LogP contribution in [0.15, 0.2) is 67.0 Å². The van der Waals surface area contributed by atoms with Gasteiger partial charge in [0.15, 0.2) is 0 Å². The van der Waals surface area contributed by atoms with E-state index in [2.05, 4.69) is 47.3 Å². The molecule has 1 fully saturated rings. The highest BCUT2D eigenvalue weighted by atomic mass is 35.5. The Morgan fingerprint density at radius 1 is 0.963 bits per heavy atom. The average Bonchev–Trinajstić information content (AvgIpc) is 3.19. The van der Waals surface area contributed by atoms with Crippen molar-refractivity contribution < 1.29 is 34.3 Å². The number of hydrogen-bond acceptors (Lipinski definition) is 10. The van der Waals surface area contributed by atoms with Gasteiger partial charge in [-0.25, -0.2) is 0 Å². The van der Waals surface area contributed by atoms with Crippen molar-refractivity contribution in [3.8, 4) is 34.4 Å². The number of carbonyl (C=O) groups is 1. The number of aromatic nitrogens is 1. The number of rotatable bonds is 18. The lowest BCUT2D eigenvalue weighted by Gasteiger charge is -2.30. The van der Waals surface area contributed by atoms with Crippen molar-refractivity contribution in [1.29, 1.82) is 5.26 Å². The predicted octanol–water partition coefficient (Wildman–Crippen LogP) is 6.45. The van der Waals surface area contributed by atoms with Crippen molar-refractivity contribution in [2.45, 2.75) is 65.3 Å². The Bertz CT molecular complexity index is 1940. The molecule has 0 radical (unpaired) electrons. The number of nitrogens with one attached hydrogen (secondary N) is 1. The SMILES string of the molecule is Cc1c(COc2cc(OCc3cncc(C#N)c3)c(CN[C@@](C)(CO)C(=O)O)cc2Cl)cccc1-c1cccc(OCCCN2CCC(CO)CC2)c1C. The fraction of sp³-hybridized carbons (Fsp3) is 0.405. The lowest BCUT2D eigenvalue weighted by atomic mass is 9.93. The number of halogens is 1. The van der Waals surface area contributed by atoms with E-state index in [9.17, 15) is 25.4 Å². The van der Waals surface area contributed by atoms with Gasteiger partial charge in [-0.05, 0) is 105 Å². The molecule has 1 aliphatic rings. The topological polar surface area (TPSA) is 157 Å². The van der Waals surface area contributed by atoms with E-state index in [1.165, 1.54) is 13.1 Å². The zero-order valence-electron chi connectivity index (χ0n) is 31.1. The highest BCUT2D eigenvalue weighted by Crippen LogP contribution is 2.36. The van der Waals surface area contributed by atoms with E-state index in [1.807, 2.05) is 24.3 Å². The van der Waals surface area contributed by atoms with E-state index < -0.39 is 18.1 Å². The summed E-state index contributed by atoms with van der Waals surface area (Å²) in [6.07, 6.45) is 6.10. The maximum Gasteiger partial charge on any atom is 0.326 e. The van der Waals surface area contributed by atoms with Crippen LogP contribution in [0.1, 0.15) is 59.6 Å². The summed E-state index contributed by atoms with van der Waals surface area (Å²) in [6, 6.07) is 19.3. The first-order valence-corrected chi connectivity index (χ1v) is 18.6. The predicted molar refractivity (Wildman–Crippen MR) is 207 cm³/mol. The number of ether oxygens (including phenoxy) is 3. The van der Waals surface area contributed by atoms with E-state index in [4.69, 9.17) is 25.8 Å². The molecular formula is C42H49ClN4O7. The fourth-order valence-electron chi connectivity index (χ4n) is 6.45. The highest BCUT2D eigenvalue weighted by Gasteiger charge is 2.32. The summed E-state index contributed by atoms with van der Waals surface area (Å²) >= 11 is 6.74. The molecule has 1 aromatic heterocycles. The Kier molecular flexibility index (Phi) is 14.3. The van der Waals surface area contributed by atoms with Gasteiger partial charge in [-0.3, -0.25) is 15.1 Å². The quantitative estimate of drug-likeness (QED) is 0.0828. The minimum absolute atomic E-state index is 0.0305. The second-order valence-corrected chi connectivity index (χ2v) is 14.4. The lowest BCUT2D eigenvalue weighted by Crippen LogP contribution is -2.52. The first-order valence-electron chi connectivity index (χ1n) is 18.2. The molecule has 0 saturated carbocycles. The number of nitriles is 1. The standard InChI is InChI=1S/C42H49ClN4O7/c1-28-33(7-4-8-35(28)36-9-5-10-38(29(36)2)52-16-6-13-47-14-11-30(24-48)12-15-47)26-54-40-19-39(53-25-32-17-31(20-44)21-45-22-32)34(18-37(40)43)23-46-42(3,27-49)41(50)51/h4-5,7-10,17-19,21-22,30,46,48-49H,6,11-16,23-27H2,1-3H3,(H,50,51)/t42-/m0/s1. The molecule has 1 aliphatic heterocycles. The van der Waals surface area contributed by atoms with Gasteiger partial charge in [-0.1, -0.05) is 41.9 Å². The molecule has 286 valence electrons. The Hall–Kier alpha value is -4.70. The van der Waals surface area contributed by atoms with Gasteiger partial charge in [-0.2, -0.15) is 5.26 Å². The summed E-state index contributed by atoms with van der Waals surface area (Å²) < 4.78 is 18.7. The minimum Gasteiger partial charge on any atom is -0.493 e. The van der Waals surface area contributed by atoms with Gasteiger partial charge in [0, 0.05) is 49.3 Å². The van der Waals surface area contributed by atoms with Gasteiger partial charge < -0.3 is 34.4 Å². The van der Waals surface area contributed by atoms with Crippen molar-refractivity contribution in [1.82, 2.24) is 15.2 Å². The molecule has 1 atom stereocenters. The van der Waals surface area contributed by atoms with Gasteiger partial charge in [0.1, 0.15) is 42.1 Å². The van der Waals surface area contributed by atoms with E-state index >= 15 is 0 Å².